The van der Waals surface area contributed by atoms with Crippen molar-refractivity contribution in [2.75, 3.05) is 43.5 Å². The van der Waals surface area contributed by atoms with Crippen molar-refractivity contribution < 1.29 is 9.53 Å². The van der Waals surface area contributed by atoms with Crippen molar-refractivity contribution >= 4 is 17.4 Å². The Labute approximate surface area is 149 Å². The molecular weight excluding hydrogens is 314 g/mol. The van der Waals surface area contributed by atoms with Crippen LogP contribution in [0.4, 0.5) is 16.2 Å². The second-order valence-electron chi connectivity index (χ2n) is 6.45. The lowest BCUT2D eigenvalue weighted by Gasteiger charge is -2.36. The molecule has 25 heavy (non-hydrogen) atoms. The standard InChI is InChI=1S/C20H25N3O2/c1-15-12-16(2)14-17(13-15)21-20(24)23-10-8-22(9-11-23)18-6-4-5-7-19(18)25-3/h4-7,12-14H,8-11H2,1-3H3,(H,21,24). The molecule has 0 bridgehead atoms. The molecule has 132 valence electrons. The molecule has 5 nitrogen and oxygen atoms in total. The van der Waals surface area contributed by atoms with Gasteiger partial charge in [-0.3, -0.25) is 0 Å². The van der Waals surface area contributed by atoms with Crippen molar-refractivity contribution in [3.63, 3.8) is 0 Å². The van der Waals surface area contributed by atoms with Crippen LogP contribution in [0.15, 0.2) is 42.5 Å². The van der Waals surface area contributed by atoms with Crippen LogP contribution in [0.5, 0.6) is 5.75 Å². The Morgan fingerprint density at radius 2 is 1.64 bits per heavy atom. The predicted molar refractivity (Wildman–Crippen MR) is 102 cm³/mol. The van der Waals surface area contributed by atoms with Gasteiger partial charge < -0.3 is 19.9 Å². The quantitative estimate of drug-likeness (QED) is 0.928. The molecule has 1 aliphatic rings. The zero-order valence-electron chi connectivity index (χ0n) is 15.1. The van der Waals surface area contributed by atoms with Crippen LogP contribution in [-0.4, -0.2) is 44.2 Å². The number of urea groups is 1. The first-order valence-electron chi connectivity index (χ1n) is 8.59. The molecule has 1 fully saturated rings. The van der Waals surface area contributed by atoms with E-state index in [9.17, 15) is 4.79 Å². The van der Waals surface area contributed by atoms with Gasteiger partial charge in [-0.1, -0.05) is 18.2 Å². The summed E-state index contributed by atoms with van der Waals surface area (Å²) in [4.78, 5) is 16.7. The summed E-state index contributed by atoms with van der Waals surface area (Å²) >= 11 is 0. The number of piperazine rings is 1. The Morgan fingerprint density at radius 3 is 2.28 bits per heavy atom. The van der Waals surface area contributed by atoms with Crippen LogP contribution in [-0.2, 0) is 0 Å². The Kier molecular flexibility index (Phi) is 5.12. The summed E-state index contributed by atoms with van der Waals surface area (Å²) in [5.41, 5.74) is 4.24. The number of amides is 2. The number of methoxy groups -OCH3 is 1. The van der Waals surface area contributed by atoms with E-state index < -0.39 is 0 Å². The third-order valence-electron chi connectivity index (χ3n) is 4.47. The second kappa shape index (κ2) is 7.47. The van der Waals surface area contributed by atoms with Gasteiger partial charge in [-0.2, -0.15) is 0 Å². The van der Waals surface area contributed by atoms with E-state index in [0.717, 1.165) is 41.3 Å². The molecule has 1 aliphatic heterocycles. The minimum absolute atomic E-state index is 0.0373. The Bertz CT molecular complexity index is 732. The van der Waals surface area contributed by atoms with Gasteiger partial charge in [0.05, 0.1) is 12.8 Å². The smallest absolute Gasteiger partial charge is 0.321 e. The fraction of sp³-hybridized carbons (Fsp3) is 0.350. The average molecular weight is 339 g/mol. The average Bonchev–Trinajstić information content (AvgIpc) is 2.61. The molecule has 0 unspecified atom stereocenters. The molecular formula is C20H25N3O2. The van der Waals surface area contributed by atoms with E-state index in [1.165, 1.54) is 0 Å². The van der Waals surface area contributed by atoms with E-state index in [-0.39, 0.29) is 6.03 Å². The topological polar surface area (TPSA) is 44.8 Å². The van der Waals surface area contributed by atoms with Gasteiger partial charge in [-0.05, 0) is 49.2 Å². The summed E-state index contributed by atoms with van der Waals surface area (Å²) in [5, 5.41) is 3.01. The molecule has 2 aromatic carbocycles. The zero-order chi connectivity index (χ0) is 17.8. The van der Waals surface area contributed by atoms with E-state index >= 15 is 0 Å². The van der Waals surface area contributed by atoms with Gasteiger partial charge in [0.2, 0.25) is 0 Å². The number of carbonyl (C=O) groups is 1. The fourth-order valence-corrected chi connectivity index (χ4v) is 3.29. The SMILES string of the molecule is COc1ccccc1N1CCN(C(=O)Nc2cc(C)cc(C)c2)CC1. The molecule has 0 aromatic heterocycles. The zero-order valence-corrected chi connectivity index (χ0v) is 15.1. The van der Waals surface area contributed by atoms with Crippen molar-refractivity contribution in [3.8, 4) is 5.75 Å². The molecule has 0 aliphatic carbocycles. The molecule has 1 heterocycles. The highest BCUT2D eigenvalue weighted by atomic mass is 16.5. The van der Waals surface area contributed by atoms with Crippen LogP contribution in [0.2, 0.25) is 0 Å². The molecule has 1 N–H and O–H groups in total. The Hall–Kier alpha value is -2.69. The van der Waals surface area contributed by atoms with Crippen molar-refractivity contribution in [3.05, 3.63) is 53.6 Å². The van der Waals surface area contributed by atoms with Gasteiger partial charge in [0.1, 0.15) is 5.75 Å². The summed E-state index contributed by atoms with van der Waals surface area (Å²) < 4.78 is 5.44. The molecule has 0 saturated carbocycles. The number of hydrogen-bond donors (Lipinski definition) is 1. The van der Waals surface area contributed by atoms with Crippen LogP contribution in [0, 0.1) is 13.8 Å². The number of para-hydroxylation sites is 2. The number of rotatable bonds is 3. The van der Waals surface area contributed by atoms with Crippen molar-refractivity contribution in [2.45, 2.75) is 13.8 Å². The minimum atomic E-state index is -0.0373. The van der Waals surface area contributed by atoms with Crippen molar-refractivity contribution in [1.29, 1.82) is 0 Å². The van der Waals surface area contributed by atoms with Crippen molar-refractivity contribution in [1.82, 2.24) is 4.90 Å². The van der Waals surface area contributed by atoms with Crippen LogP contribution in [0.3, 0.4) is 0 Å². The van der Waals surface area contributed by atoms with E-state index in [1.807, 2.05) is 49.1 Å². The van der Waals surface area contributed by atoms with E-state index in [2.05, 4.69) is 22.3 Å². The first-order valence-corrected chi connectivity index (χ1v) is 8.59. The minimum Gasteiger partial charge on any atom is -0.495 e. The highest BCUT2D eigenvalue weighted by Gasteiger charge is 2.22. The van der Waals surface area contributed by atoms with Gasteiger partial charge >= 0.3 is 6.03 Å². The van der Waals surface area contributed by atoms with Gasteiger partial charge in [-0.15, -0.1) is 0 Å². The maximum atomic E-state index is 12.5. The molecule has 0 radical (unpaired) electrons. The number of nitrogens with zero attached hydrogens (tertiary/aromatic N) is 2. The third-order valence-corrected chi connectivity index (χ3v) is 4.47. The van der Waals surface area contributed by atoms with Crippen molar-refractivity contribution in [2.24, 2.45) is 0 Å². The maximum absolute atomic E-state index is 12.5. The molecule has 2 amide bonds. The Balaban J connectivity index is 1.61. The highest BCUT2D eigenvalue weighted by Crippen LogP contribution is 2.28. The lowest BCUT2D eigenvalue weighted by Crippen LogP contribution is -2.50. The molecule has 2 aromatic rings. The Morgan fingerprint density at radius 1 is 1.00 bits per heavy atom. The second-order valence-corrected chi connectivity index (χ2v) is 6.45. The number of ether oxygens (including phenoxy) is 1. The molecule has 5 heteroatoms. The predicted octanol–water partition coefficient (Wildman–Crippen LogP) is 3.67. The van der Waals surface area contributed by atoms with E-state index in [1.54, 1.807) is 7.11 Å². The lowest BCUT2D eigenvalue weighted by atomic mass is 10.1. The molecule has 0 atom stereocenters. The first kappa shape index (κ1) is 17.1. The van der Waals surface area contributed by atoms with Gasteiger partial charge in [-0.25, -0.2) is 4.79 Å². The number of benzene rings is 2. The van der Waals surface area contributed by atoms with Crippen LogP contribution in [0.25, 0.3) is 0 Å². The van der Waals surface area contributed by atoms with Gasteiger partial charge in [0.25, 0.3) is 0 Å². The van der Waals surface area contributed by atoms with Crippen LogP contribution in [0.1, 0.15) is 11.1 Å². The fourth-order valence-electron chi connectivity index (χ4n) is 3.29. The number of aryl methyl sites for hydroxylation is 2. The van der Waals surface area contributed by atoms with E-state index in [0.29, 0.717) is 13.1 Å². The summed E-state index contributed by atoms with van der Waals surface area (Å²) in [6.07, 6.45) is 0. The van der Waals surface area contributed by atoms with Gasteiger partial charge in [0, 0.05) is 31.9 Å². The highest BCUT2D eigenvalue weighted by molar-refractivity contribution is 5.89. The number of hydrogen-bond acceptors (Lipinski definition) is 3. The number of nitrogens with one attached hydrogen (secondary N) is 1. The normalized spacial score (nSPS) is 14.4. The van der Waals surface area contributed by atoms with Crippen LogP contribution >= 0.6 is 0 Å². The van der Waals surface area contributed by atoms with Gasteiger partial charge in [0.15, 0.2) is 0 Å². The summed E-state index contributed by atoms with van der Waals surface area (Å²) in [6, 6.07) is 14.1. The number of anilines is 2. The monoisotopic (exact) mass is 339 g/mol. The van der Waals surface area contributed by atoms with Crippen LogP contribution < -0.4 is 15.0 Å². The van der Waals surface area contributed by atoms with E-state index in [4.69, 9.17) is 4.74 Å². The maximum Gasteiger partial charge on any atom is 0.321 e. The largest absolute Gasteiger partial charge is 0.495 e. The summed E-state index contributed by atoms with van der Waals surface area (Å²) in [7, 11) is 1.69. The molecule has 1 saturated heterocycles. The third kappa shape index (κ3) is 4.05. The molecule has 0 spiro atoms. The lowest BCUT2D eigenvalue weighted by molar-refractivity contribution is 0.208. The summed E-state index contributed by atoms with van der Waals surface area (Å²) in [6.45, 7) is 7.04. The summed E-state index contributed by atoms with van der Waals surface area (Å²) in [5.74, 6) is 0.871. The molecule has 3 rings (SSSR count). The first-order chi connectivity index (χ1) is 12.1. The number of carbonyl (C=O) groups excluding carboxylic acids is 1.